The molecule has 0 spiro atoms. The lowest BCUT2D eigenvalue weighted by molar-refractivity contribution is 0.287. The fourth-order valence-corrected chi connectivity index (χ4v) is 1.80. The minimum Gasteiger partial charge on any atom is -0.319 e. The van der Waals surface area contributed by atoms with E-state index < -0.39 is 0 Å². The Balaban J connectivity index is 2.21. The molecule has 76 valence electrons. The second kappa shape index (κ2) is 3.37. The summed E-state index contributed by atoms with van der Waals surface area (Å²) in [7, 11) is 0. The molecule has 2 heteroatoms. The van der Waals surface area contributed by atoms with Crippen molar-refractivity contribution in [1.29, 1.82) is 0 Å². The monoisotopic (exact) mass is 190 g/mol. The van der Waals surface area contributed by atoms with Crippen molar-refractivity contribution in [3.8, 4) is 0 Å². The Bertz CT molecular complexity index is 310. The van der Waals surface area contributed by atoms with Crippen molar-refractivity contribution in [3.05, 3.63) is 35.4 Å². The van der Waals surface area contributed by atoms with Gasteiger partial charge in [-0.2, -0.15) is 0 Å². The summed E-state index contributed by atoms with van der Waals surface area (Å²) < 4.78 is 0. The van der Waals surface area contributed by atoms with Gasteiger partial charge in [0.1, 0.15) is 0 Å². The van der Waals surface area contributed by atoms with Gasteiger partial charge in [0.05, 0.1) is 5.54 Å². The van der Waals surface area contributed by atoms with E-state index in [1.165, 1.54) is 11.1 Å². The second-order valence-electron chi connectivity index (χ2n) is 4.54. The SMILES string of the molecule is CC(C)c1ccc(C2(N)CNC2)cc1. The zero-order chi connectivity index (χ0) is 10.2. The Morgan fingerprint density at radius 1 is 1.21 bits per heavy atom. The molecule has 3 N–H and O–H groups in total. The van der Waals surface area contributed by atoms with E-state index in [0.29, 0.717) is 5.92 Å². The van der Waals surface area contributed by atoms with Crippen LogP contribution in [0, 0.1) is 0 Å². The van der Waals surface area contributed by atoms with E-state index >= 15 is 0 Å². The van der Waals surface area contributed by atoms with Crippen LogP contribution in [-0.2, 0) is 5.54 Å². The maximum absolute atomic E-state index is 6.19. The number of nitrogens with two attached hydrogens (primary N) is 1. The molecule has 14 heavy (non-hydrogen) atoms. The fraction of sp³-hybridized carbons (Fsp3) is 0.500. The van der Waals surface area contributed by atoms with Crippen molar-refractivity contribution >= 4 is 0 Å². The summed E-state index contributed by atoms with van der Waals surface area (Å²) >= 11 is 0. The summed E-state index contributed by atoms with van der Waals surface area (Å²) in [5, 5.41) is 3.21. The summed E-state index contributed by atoms with van der Waals surface area (Å²) in [6.45, 7) is 6.21. The van der Waals surface area contributed by atoms with Gasteiger partial charge in [0, 0.05) is 13.1 Å². The van der Waals surface area contributed by atoms with Crippen molar-refractivity contribution in [2.45, 2.75) is 25.3 Å². The van der Waals surface area contributed by atoms with E-state index in [2.05, 4.69) is 43.4 Å². The third kappa shape index (κ3) is 1.56. The average Bonchev–Trinajstić information content (AvgIpc) is 2.14. The molecule has 1 aromatic carbocycles. The highest BCUT2D eigenvalue weighted by molar-refractivity contribution is 5.32. The molecular formula is C12H18N2. The maximum atomic E-state index is 6.19. The summed E-state index contributed by atoms with van der Waals surface area (Å²) in [5.41, 5.74) is 8.70. The maximum Gasteiger partial charge on any atom is 0.0662 e. The van der Waals surface area contributed by atoms with Crippen molar-refractivity contribution < 1.29 is 0 Å². The predicted molar refractivity (Wildman–Crippen MR) is 59.3 cm³/mol. The molecule has 2 nitrogen and oxygen atoms in total. The Morgan fingerprint density at radius 3 is 2.14 bits per heavy atom. The first-order valence-electron chi connectivity index (χ1n) is 5.22. The lowest BCUT2D eigenvalue weighted by atomic mass is 9.84. The zero-order valence-electron chi connectivity index (χ0n) is 8.88. The van der Waals surface area contributed by atoms with Gasteiger partial charge in [-0.05, 0) is 17.0 Å². The molecule has 1 heterocycles. The number of hydrogen-bond acceptors (Lipinski definition) is 2. The van der Waals surface area contributed by atoms with E-state index in [9.17, 15) is 0 Å². The first kappa shape index (κ1) is 9.69. The third-order valence-electron chi connectivity index (χ3n) is 3.03. The molecular weight excluding hydrogens is 172 g/mol. The molecule has 0 amide bonds. The van der Waals surface area contributed by atoms with Crippen LogP contribution in [0.5, 0.6) is 0 Å². The van der Waals surface area contributed by atoms with Gasteiger partial charge in [0.25, 0.3) is 0 Å². The van der Waals surface area contributed by atoms with Crippen molar-refractivity contribution in [1.82, 2.24) is 5.32 Å². The van der Waals surface area contributed by atoms with Gasteiger partial charge in [-0.15, -0.1) is 0 Å². The first-order valence-corrected chi connectivity index (χ1v) is 5.22. The molecule has 1 aliphatic rings. The molecule has 1 saturated heterocycles. The number of nitrogens with one attached hydrogen (secondary N) is 1. The summed E-state index contributed by atoms with van der Waals surface area (Å²) in [6.07, 6.45) is 0. The fourth-order valence-electron chi connectivity index (χ4n) is 1.80. The van der Waals surface area contributed by atoms with Gasteiger partial charge >= 0.3 is 0 Å². The zero-order valence-corrected chi connectivity index (χ0v) is 8.88. The van der Waals surface area contributed by atoms with Crippen LogP contribution in [0.1, 0.15) is 30.9 Å². The highest BCUT2D eigenvalue weighted by Crippen LogP contribution is 2.24. The molecule has 2 rings (SSSR count). The topological polar surface area (TPSA) is 38.0 Å². The second-order valence-corrected chi connectivity index (χ2v) is 4.54. The van der Waals surface area contributed by atoms with Crippen LogP contribution >= 0.6 is 0 Å². The minimum atomic E-state index is -0.116. The molecule has 1 fully saturated rings. The Hall–Kier alpha value is -0.860. The Labute approximate surface area is 85.5 Å². The Kier molecular flexibility index (Phi) is 2.33. The number of benzene rings is 1. The highest BCUT2D eigenvalue weighted by atomic mass is 15.1. The molecule has 0 bridgehead atoms. The first-order chi connectivity index (χ1) is 6.62. The van der Waals surface area contributed by atoms with E-state index in [0.717, 1.165) is 13.1 Å². The van der Waals surface area contributed by atoms with Gasteiger partial charge in [-0.25, -0.2) is 0 Å². The van der Waals surface area contributed by atoms with E-state index in [1.54, 1.807) is 0 Å². The van der Waals surface area contributed by atoms with Gasteiger partial charge in [0.15, 0.2) is 0 Å². The largest absolute Gasteiger partial charge is 0.319 e. The van der Waals surface area contributed by atoms with Crippen LogP contribution in [0.25, 0.3) is 0 Å². The standard InChI is InChI=1S/C12H18N2/c1-9(2)10-3-5-11(6-4-10)12(13)7-14-8-12/h3-6,9,14H,7-8,13H2,1-2H3. The molecule has 1 aromatic rings. The van der Waals surface area contributed by atoms with Crippen molar-refractivity contribution in [2.75, 3.05) is 13.1 Å². The highest BCUT2D eigenvalue weighted by Gasteiger charge is 2.33. The van der Waals surface area contributed by atoms with E-state index in [4.69, 9.17) is 5.73 Å². The summed E-state index contributed by atoms with van der Waals surface area (Å²) in [5.74, 6) is 0.595. The van der Waals surface area contributed by atoms with Crippen LogP contribution < -0.4 is 11.1 Å². The van der Waals surface area contributed by atoms with Crippen LogP contribution in [0.3, 0.4) is 0 Å². The molecule has 0 saturated carbocycles. The van der Waals surface area contributed by atoms with Gasteiger partial charge < -0.3 is 11.1 Å². The van der Waals surface area contributed by atoms with E-state index in [1.807, 2.05) is 0 Å². The van der Waals surface area contributed by atoms with Crippen LogP contribution in [0.15, 0.2) is 24.3 Å². The van der Waals surface area contributed by atoms with Crippen molar-refractivity contribution in [3.63, 3.8) is 0 Å². The van der Waals surface area contributed by atoms with Crippen LogP contribution in [0.2, 0.25) is 0 Å². The van der Waals surface area contributed by atoms with Gasteiger partial charge in [-0.1, -0.05) is 38.1 Å². The summed E-state index contributed by atoms with van der Waals surface area (Å²) in [6, 6.07) is 8.70. The quantitative estimate of drug-likeness (QED) is 0.743. The van der Waals surface area contributed by atoms with E-state index in [-0.39, 0.29) is 5.54 Å². The average molecular weight is 190 g/mol. The molecule has 1 aliphatic heterocycles. The van der Waals surface area contributed by atoms with Crippen molar-refractivity contribution in [2.24, 2.45) is 5.73 Å². The molecule has 0 aliphatic carbocycles. The lowest BCUT2D eigenvalue weighted by Crippen LogP contribution is -2.62. The molecule has 0 radical (unpaired) electrons. The molecule has 0 unspecified atom stereocenters. The summed E-state index contributed by atoms with van der Waals surface area (Å²) in [4.78, 5) is 0. The Morgan fingerprint density at radius 2 is 1.79 bits per heavy atom. The van der Waals surface area contributed by atoms with Crippen LogP contribution in [-0.4, -0.2) is 13.1 Å². The minimum absolute atomic E-state index is 0.116. The molecule has 0 atom stereocenters. The number of rotatable bonds is 2. The predicted octanol–water partition coefficient (Wildman–Crippen LogP) is 1.57. The van der Waals surface area contributed by atoms with Gasteiger partial charge in [-0.3, -0.25) is 0 Å². The van der Waals surface area contributed by atoms with Crippen LogP contribution in [0.4, 0.5) is 0 Å². The number of hydrogen-bond donors (Lipinski definition) is 2. The molecule has 0 aromatic heterocycles. The lowest BCUT2D eigenvalue weighted by Gasteiger charge is -2.39. The normalized spacial score (nSPS) is 19.4. The third-order valence-corrected chi connectivity index (χ3v) is 3.03. The smallest absolute Gasteiger partial charge is 0.0662 e. The van der Waals surface area contributed by atoms with Gasteiger partial charge in [0.2, 0.25) is 0 Å².